The van der Waals surface area contributed by atoms with Crippen LogP contribution in [0.25, 0.3) is 0 Å². The Labute approximate surface area is 239 Å². The zero-order valence-electron chi connectivity index (χ0n) is 23.2. The van der Waals surface area contributed by atoms with Gasteiger partial charge < -0.3 is 34.9 Å². The first-order valence-electron chi connectivity index (χ1n) is 12.7. The number of carbonyl (C=O) groups is 1. The van der Waals surface area contributed by atoms with E-state index in [1.54, 1.807) is 21.1 Å². The Morgan fingerprint density at radius 2 is 1.90 bits per heavy atom. The minimum Gasteiger partial charge on any atom is -0.497 e. The smallest absolute Gasteiger partial charge is 0.270 e. The van der Waals surface area contributed by atoms with Gasteiger partial charge >= 0.3 is 0 Å². The number of methoxy groups -OCH3 is 1. The molecule has 1 aliphatic rings. The largest absolute Gasteiger partial charge is 0.497 e. The van der Waals surface area contributed by atoms with Crippen LogP contribution in [0, 0.1) is 13.8 Å². The van der Waals surface area contributed by atoms with E-state index in [4.69, 9.17) is 24.1 Å². The van der Waals surface area contributed by atoms with E-state index in [9.17, 15) is 4.79 Å². The van der Waals surface area contributed by atoms with Crippen LogP contribution in [-0.2, 0) is 20.2 Å². The van der Waals surface area contributed by atoms with Crippen LogP contribution in [0.1, 0.15) is 33.1 Å². The number of amides is 1. The number of ether oxygens (including phenoxy) is 3. The van der Waals surface area contributed by atoms with Crippen molar-refractivity contribution in [3.63, 3.8) is 0 Å². The molecule has 1 fully saturated rings. The van der Waals surface area contributed by atoms with Gasteiger partial charge in [-0.15, -0.1) is 0 Å². The summed E-state index contributed by atoms with van der Waals surface area (Å²) in [6, 6.07) is 17.2. The first kappa shape index (κ1) is 30.8. The number of nitrogens with zero attached hydrogens (tertiary/aromatic N) is 3. The molecule has 4 rings (SSSR count). The molecule has 1 saturated heterocycles. The molecule has 1 aromatic heterocycles. The van der Waals surface area contributed by atoms with E-state index in [-0.39, 0.29) is 23.5 Å². The summed E-state index contributed by atoms with van der Waals surface area (Å²) >= 11 is 1.39. The maximum Gasteiger partial charge on any atom is 0.270 e. The van der Waals surface area contributed by atoms with Crippen LogP contribution in [0.5, 0.6) is 5.75 Å². The average molecular weight is 569 g/mol. The van der Waals surface area contributed by atoms with Crippen LogP contribution in [0.15, 0.2) is 64.6 Å². The standard InChI is InChI=1S/C16H20N6O2.C12H16O3S/c1-10-20-13(15(17)22-18-2)8-14(21-10)16(23)19-9-11-5-4-6-12(7-11)24-3;1-10-2-4-12(5-3-10)16-15-9-11-8-13-6-7-14-11/h4-8,18H,9H2,1-3H3,(H2,17,22)(H,19,23);2-5,11H,6-9H2,1H3/t;11-/m.0/s1. The molecule has 40 heavy (non-hydrogen) atoms. The Hall–Kier alpha value is -3.71. The zero-order valence-corrected chi connectivity index (χ0v) is 24.0. The summed E-state index contributed by atoms with van der Waals surface area (Å²) in [7, 11) is 3.22. The molecule has 0 radical (unpaired) electrons. The number of benzene rings is 2. The van der Waals surface area contributed by atoms with Crippen LogP contribution < -0.4 is 21.2 Å². The lowest BCUT2D eigenvalue weighted by molar-refractivity contribution is -0.0994. The third-order valence-electron chi connectivity index (χ3n) is 5.47. The Morgan fingerprint density at radius 3 is 2.60 bits per heavy atom. The van der Waals surface area contributed by atoms with Gasteiger partial charge in [0, 0.05) is 30.5 Å². The van der Waals surface area contributed by atoms with Crippen molar-refractivity contribution in [3.8, 4) is 5.75 Å². The van der Waals surface area contributed by atoms with Gasteiger partial charge in [0.15, 0.2) is 5.84 Å². The highest BCUT2D eigenvalue weighted by Crippen LogP contribution is 2.20. The van der Waals surface area contributed by atoms with Crippen LogP contribution in [-0.4, -0.2) is 68.4 Å². The fourth-order valence-electron chi connectivity index (χ4n) is 3.45. The monoisotopic (exact) mass is 568 g/mol. The van der Waals surface area contributed by atoms with Gasteiger partial charge in [0.05, 0.1) is 33.5 Å². The number of hydrogen-bond donors (Lipinski definition) is 3. The summed E-state index contributed by atoms with van der Waals surface area (Å²) < 4.78 is 21.4. The molecule has 4 N–H and O–H groups in total. The van der Waals surface area contributed by atoms with Gasteiger partial charge in [-0.1, -0.05) is 29.8 Å². The quantitative estimate of drug-likeness (QED) is 0.145. The van der Waals surface area contributed by atoms with E-state index < -0.39 is 0 Å². The Balaban J connectivity index is 0.000000238. The summed E-state index contributed by atoms with van der Waals surface area (Å²) in [6.07, 6.45) is 0.0756. The number of hydrogen-bond acceptors (Lipinski definition) is 10. The van der Waals surface area contributed by atoms with Crippen LogP contribution >= 0.6 is 12.0 Å². The SMILES string of the molecule is CN/N=C(\N)c1cc(C(=O)NCc2cccc(OC)c2)nc(C)n1.Cc1ccc(SOC[C@@H]2COCCO2)cc1. The van der Waals surface area contributed by atoms with Crippen LogP contribution in [0.3, 0.4) is 0 Å². The van der Waals surface area contributed by atoms with E-state index in [1.165, 1.54) is 23.7 Å². The number of rotatable bonds is 10. The fourth-order valence-corrected chi connectivity index (χ4v) is 4.06. The summed E-state index contributed by atoms with van der Waals surface area (Å²) in [6.45, 7) is 6.68. The molecule has 3 aromatic rings. The number of carbonyl (C=O) groups excluding carboxylic acids is 1. The van der Waals surface area contributed by atoms with Crippen LogP contribution in [0.2, 0.25) is 0 Å². The Bertz CT molecular complexity index is 1250. The van der Waals surface area contributed by atoms with E-state index in [2.05, 4.69) is 57.0 Å². The maximum absolute atomic E-state index is 12.3. The number of aromatic nitrogens is 2. The average Bonchev–Trinajstić information content (AvgIpc) is 2.98. The molecule has 2 aromatic carbocycles. The van der Waals surface area contributed by atoms with Crippen LogP contribution in [0.4, 0.5) is 0 Å². The maximum atomic E-state index is 12.3. The van der Waals surface area contributed by atoms with Crippen molar-refractivity contribution >= 4 is 23.8 Å². The lowest BCUT2D eigenvalue weighted by Crippen LogP contribution is -2.31. The topological polar surface area (TPSA) is 142 Å². The minimum absolute atomic E-state index is 0.0756. The minimum atomic E-state index is -0.318. The van der Waals surface area contributed by atoms with Crippen molar-refractivity contribution < 1.29 is 23.2 Å². The molecule has 0 saturated carbocycles. The van der Waals surface area contributed by atoms with Crippen molar-refractivity contribution in [2.24, 2.45) is 10.8 Å². The molecular formula is C28H36N6O5S. The number of nitrogens with one attached hydrogen (secondary N) is 2. The molecule has 1 atom stereocenters. The van der Waals surface area contributed by atoms with Crippen molar-refractivity contribution in [1.82, 2.24) is 20.7 Å². The van der Waals surface area contributed by atoms with Crippen molar-refractivity contribution in [3.05, 3.63) is 82.9 Å². The van der Waals surface area contributed by atoms with Crippen molar-refractivity contribution in [2.75, 3.05) is 40.6 Å². The molecule has 0 aliphatic carbocycles. The second kappa shape index (κ2) is 16.4. The first-order valence-corrected chi connectivity index (χ1v) is 13.4. The third-order valence-corrected chi connectivity index (χ3v) is 6.19. The lowest BCUT2D eigenvalue weighted by Gasteiger charge is -2.22. The third kappa shape index (κ3) is 10.5. The molecular weight excluding hydrogens is 532 g/mol. The van der Waals surface area contributed by atoms with Gasteiger partial charge in [-0.25, -0.2) is 9.97 Å². The number of nitrogens with two attached hydrogens (primary N) is 1. The van der Waals surface area contributed by atoms with E-state index in [1.807, 2.05) is 24.3 Å². The Kier molecular flexibility index (Phi) is 12.6. The summed E-state index contributed by atoms with van der Waals surface area (Å²) in [5.41, 5.74) is 11.2. The van der Waals surface area contributed by atoms with Crippen molar-refractivity contribution in [2.45, 2.75) is 31.4 Å². The van der Waals surface area contributed by atoms with Gasteiger partial charge in [-0.3, -0.25) is 4.79 Å². The second-order valence-electron chi connectivity index (χ2n) is 8.69. The Morgan fingerprint density at radius 1 is 1.12 bits per heavy atom. The molecule has 11 nitrogen and oxygen atoms in total. The summed E-state index contributed by atoms with van der Waals surface area (Å²) in [4.78, 5) is 21.8. The molecule has 0 bridgehead atoms. The van der Waals surface area contributed by atoms with E-state index >= 15 is 0 Å². The van der Waals surface area contributed by atoms with Gasteiger partial charge in [-0.05, 0) is 49.7 Å². The molecule has 1 aliphatic heterocycles. The summed E-state index contributed by atoms with van der Waals surface area (Å²) in [5, 5.41) is 6.67. The van der Waals surface area contributed by atoms with Gasteiger partial charge in [0.1, 0.15) is 29.1 Å². The predicted octanol–water partition coefficient (Wildman–Crippen LogP) is 3.00. The zero-order chi connectivity index (χ0) is 28.7. The molecule has 214 valence electrons. The first-order chi connectivity index (χ1) is 19.4. The molecule has 1 amide bonds. The molecule has 12 heteroatoms. The molecule has 0 spiro atoms. The highest BCUT2D eigenvalue weighted by Gasteiger charge is 2.15. The second-order valence-corrected chi connectivity index (χ2v) is 9.56. The number of amidine groups is 1. The van der Waals surface area contributed by atoms with E-state index in [0.717, 1.165) is 16.2 Å². The lowest BCUT2D eigenvalue weighted by atomic mass is 10.2. The van der Waals surface area contributed by atoms with Gasteiger partial charge in [0.25, 0.3) is 5.91 Å². The van der Waals surface area contributed by atoms with Gasteiger partial charge in [-0.2, -0.15) is 5.10 Å². The summed E-state index contributed by atoms with van der Waals surface area (Å²) in [5.74, 6) is 1.04. The number of hydrazone groups is 1. The predicted molar refractivity (Wildman–Crippen MR) is 154 cm³/mol. The normalized spacial score (nSPS) is 15.0. The number of aryl methyl sites for hydroxylation is 2. The van der Waals surface area contributed by atoms with E-state index in [0.29, 0.717) is 44.5 Å². The highest BCUT2D eigenvalue weighted by atomic mass is 32.2. The molecule has 0 unspecified atom stereocenters. The van der Waals surface area contributed by atoms with Crippen molar-refractivity contribution in [1.29, 1.82) is 0 Å². The molecule has 2 heterocycles. The highest BCUT2D eigenvalue weighted by molar-refractivity contribution is 7.94. The van der Waals surface area contributed by atoms with Gasteiger partial charge in [0.2, 0.25) is 0 Å². The fraction of sp³-hybridized carbons (Fsp3) is 0.357.